The van der Waals surface area contributed by atoms with E-state index in [1.165, 1.54) is 11.1 Å². The Bertz CT molecular complexity index is 815. The van der Waals surface area contributed by atoms with E-state index in [0.29, 0.717) is 19.5 Å². The Morgan fingerprint density at radius 2 is 1.92 bits per heavy atom. The molecule has 0 saturated heterocycles. The zero-order valence-electron chi connectivity index (χ0n) is 15.7. The van der Waals surface area contributed by atoms with Crippen LogP contribution >= 0.6 is 0 Å². The monoisotopic (exact) mass is 350 g/mol. The van der Waals surface area contributed by atoms with Crippen LogP contribution in [0.1, 0.15) is 37.0 Å². The van der Waals surface area contributed by atoms with Crippen molar-refractivity contribution in [2.75, 3.05) is 11.4 Å². The van der Waals surface area contributed by atoms with Gasteiger partial charge in [0.15, 0.2) is 0 Å². The lowest BCUT2D eigenvalue weighted by Crippen LogP contribution is -2.39. The summed E-state index contributed by atoms with van der Waals surface area (Å²) in [5.41, 5.74) is 4.49. The van der Waals surface area contributed by atoms with E-state index >= 15 is 0 Å². The first-order chi connectivity index (χ1) is 12.5. The summed E-state index contributed by atoms with van der Waals surface area (Å²) in [5, 5.41) is 0. The molecule has 2 aromatic rings. The maximum atomic E-state index is 12.8. The SMILES string of the molecule is CC(=O)N(CCC(=O)N1c2ccccc2CC1C)Cc1cccc(C)c1. The van der Waals surface area contributed by atoms with E-state index in [-0.39, 0.29) is 17.9 Å². The van der Waals surface area contributed by atoms with Crippen LogP contribution in [-0.4, -0.2) is 29.3 Å². The number of hydrogen-bond donors (Lipinski definition) is 0. The first kappa shape index (κ1) is 18.2. The molecule has 0 aromatic heterocycles. The van der Waals surface area contributed by atoms with Crippen molar-refractivity contribution in [1.29, 1.82) is 0 Å². The third-order valence-electron chi connectivity index (χ3n) is 4.97. The molecule has 2 aromatic carbocycles. The maximum Gasteiger partial charge on any atom is 0.229 e. The highest BCUT2D eigenvalue weighted by Gasteiger charge is 2.30. The van der Waals surface area contributed by atoms with Gasteiger partial charge in [-0.2, -0.15) is 0 Å². The Labute approximate surface area is 155 Å². The predicted octanol–water partition coefficient (Wildman–Crippen LogP) is 3.71. The van der Waals surface area contributed by atoms with E-state index in [1.807, 2.05) is 48.2 Å². The van der Waals surface area contributed by atoms with Crippen LogP contribution < -0.4 is 4.90 Å². The summed E-state index contributed by atoms with van der Waals surface area (Å²) in [6.45, 7) is 6.66. The van der Waals surface area contributed by atoms with Crippen LogP contribution in [0.2, 0.25) is 0 Å². The van der Waals surface area contributed by atoms with Crippen LogP contribution in [0.3, 0.4) is 0 Å². The average molecular weight is 350 g/mol. The van der Waals surface area contributed by atoms with Gasteiger partial charge >= 0.3 is 0 Å². The molecule has 3 rings (SSSR count). The number of anilines is 1. The number of carbonyl (C=O) groups is 2. The third kappa shape index (κ3) is 3.96. The molecule has 4 heteroatoms. The van der Waals surface area contributed by atoms with Crippen molar-refractivity contribution < 1.29 is 9.59 Å². The summed E-state index contributed by atoms with van der Waals surface area (Å²) in [4.78, 5) is 28.5. The lowest BCUT2D eigenvalue weighted by molar-refractivity contribution is -0.130. The molecule has 1 aliphatic heterocycles. The van der Waals surface area contributed by atoms with Crippen molar-refractivity contribution >= 4 is 17.5 Å². The van der Waals surface area contributed by atoms with Gasteiger partial charge in [-0.3, -0.25) is 9.59 Å². The molecule has 1 aliphatic rings. The van der Waals surface area contributed by atoms with Gasteiger partial charge in [0, 0.05) is 38.2 Å². The average Bonchev–Trinajstić information content (AvgIpc) is 2.94. The minimum atomic E-state index is -0.00539. The van der Waals surface area contributed by atoms with Gasteiger partial charge < -0.3 is 9.80 Å². The minimum absolute atomic E-state index is 0.00539. The highest BCUT2D eigenvalue weighted by molar-refractivity contribution is 5.96. The summed E-state index contributed by atoms with van der Waals surface area (Å²) in [6, 6.07) is 16.4. The number of nitrogens with zero attached hydrogens (tertiary/aromatic N) is 2. The zero-order chi connectivity index (χ0) is 18.7. The van der Waals surface area contributed by atoms with Gasteiger partial charge in [-0.1, -0.05) is 48.0 Å². The fraction of sp³-hybridized carbons (Fsp3) is 0.364. The van der Waals surface area contributed by atoms with Gasteiger partial charge in [-0.25, -0.2) is 0 Å². The van der Waals surface area contributed by atoms with Crippen LogP contribution in [-0.2, 0) is 22.6 Å². The number of hydrogen-bond acceptors (Lipinski definition) is 2. The number of fused-ring (bicyclic) bond motifs is 1. The summed E-state index contributed by atoms with van der Waals surface area (Å²) >= 11 is 0. The molecule has 0 spiro atoms. The molecule has 0 N–H and O–H groups in total. The van der Waals surface area contributed by atoms with Gasteiger partial charge in [0.05, 0.1) is 0 Å². The van der Waals surface area contributed by atoms with Crippen LogP contribution in [0, 0.1) is 6.92 Å². The quantitative estimate of drug-likeness (QED) is 0.825. The molecule has 4 nitrogen and oxygen atoms in total. The number of carbonyl (C=O) groups excluding carboxylic acids is 2. The number of aryl methyl sites for hydroxylation is 1. The molecule has 2 amide bonds. The molecular weight excluding hydrogens is 324 g/mol. The smallest absolute Gasteiger partial charge is 0.229 e. The fourth-order valence-corrected chi connectivity index (χ4v) is 3.68. The minimum Gasteiger partial charge on any atom is -0.338 e. The van der Waals surface area contributed by atoms with Crippen LogP contribution in [0.15, 0.2) is 48.5 Å². The van der Waals surface area contributed by atoms with Gasteiger partial charge in [-0.15, -0.1) is 0 Å². The molecule has 1 unspecified atom stereocenters. The third-order valence-corrected chi connectivity index (χ3v) is 4.97. The van der Waals surface area contributed by atoms with E-state index in [0.717, 1.165) is 17.7 Å². The summed E-state index contributed by atoms with van der Waals surface area (Å²) in [5.74, 6) is 0.0760. The van der Waals surface area contributed by atoms with Gasteiger partial charge in [0.1, 0.15) is 0 Å². The number of amides is 2. The van der Waals surface area contributed by atoms with Crippen molar-refractivity contribution in [2.24, 2.45) is 0 Å². The van der Waals surface area contributed by atoms with Crippen LogP contribution in [0.5, 0.6) is 0 Å². The van der Waals surface area contributed by atoms with Crippen LogP contribution in [0.25, 0.3) is 0 Å². The summed E-state index contributed by atoms with van der Waals surface area (Å²) in [6.07, 6.45) is 1.23. The zero-order valence-corrected chi connectivity index (χ0v) is 15.7. The first-order valence-electron chi connectivity index (χ1n) is 9.16. The Morgan fingerprint density at radius 3 is 2.65 bits per heavy atom. The van der Waals surface area contributed by atoms with Gasteiger partial charge in [-0.05, 0) is 37.5 Å². The van der Waals surface area contributed by atoms with E-state index in [1.54, 1.807) is 11.8 Å². The molecule has 136 valence electrons. The lowest BCUT2D eigenvalue weighted by atomic mass is 10.1. The Hall–Kier alpha value is -2.62. The highest BCUT2D eigenvalue weighted by atomic mass is 16.2. The standard InChI is InChI=1S/C22H26N2O2/c1-16-7-6-8-19(13-16)15-23(18(3)25)12-11-22(26)24-17(2)14-20-9-4-5-10-21(20)24/h4-10,13,17H,11-12,14-15H2,1-3H3. The predicted molar refractivity (Wildman–Crippen MR) is 104 cm³/mol. The normalized spacial score (nSPS) is 15.7. The van der Waals surface area contributed by atoms with E-state index < -0.39 is 0 Å². The van der Waals surface area contributed by atoms with E-state index in [4.69, 9.17) is 0 Å². The first-order valence-corrected chi connectivity index (χ1v) is 9.16. The molecule has 0 aliphatic carbocycles. The second-order valence-electron chi connectivity index (χ2n) is 7.13. The molecule has 0 fully saturated rings. The van der Waals surface area contributed by atoms with Gasteiger partial charge in [0.25, 0.3) is 0 Å². The molecule has 26 heavy (non-hydrogen) atoms. The lowest BCUT2D eigenvalue weighted by Gasteiger charge is -2.26. The van der Waals surface area contributed by atoms with Crippen molar-refractivity contribution in [3.8, 4) is 0 Å². The van der Waals surface area contributed by atoms with E-state index in [2.05, 4.69) is 19.1 Å². The Kier molecular flexibility index (Phi) is 5.40. The molecule has 0 saturated carbocycles. The van der Waals surface area contributed by atoms with Crippen molar-refractivity contribution in [1.82, 2.24) is 4.90 Å². The molecule has 1 heterocycles. The molecular formula is C22H26N2O2. The number of rotatable bonds is 5. The summed E-state index contributed by atoms with van der Waals surface area (Å²) < 4.78 is 0. The second-order valence-corrected chi connectivity index (χ2v) is 7.13. The number of benzene rings is 2. The van der Waals surface area contributed by atoms with Crippen molar-refractivity contribution in [3.63, 3.8) is 0 Å². The second kappa shape index (κ2) is 7.73. The Balaban J connectivity index is 1.66. The van der Waals surface area contributed by atoms with Crippen molar-refractivity contribution in [3.05, 3.63) is 65.2 Å². The highest BCUT2D eigenvalue weighted by Crippen LogP contribution is 2.32. The maximum absolute atomic E-state index is 12.8. The summed E-state index contributed by atoms with van der Waals surface area (Å²) in [7, 11) is 0. The fourth-order valence-electron chi connectivity index (χ4n) is 3.68. The van der Waals surface area contributed by atoms with Gasteiger partial charge in [0.2, 0.25) is 11.8 Å². The molecule has 0 radical (unpaired) electrons. The molecule has 0 bridgehead atoms. The van der Waals surface area contributed by atoms with Crippen LogP contribution in [0.4, 0.5) is 5.69 Å². The topological polar surface area (TPSA) is 40.6 Å². The largest absolute Gasteiger partial charge is 0.338 e. The number of para-hydroxylation sites is 1. The Morgan fingerprint density at radius 1 is 1.15 bits per heavy atom. The van der Waals surface area contributed by atoms with E-state index in [9.17, 15) is 9.59 Å². The van der Waals surface area contributed by atoms with Crippen molar-refractivity contribution in [2.45, 2.75) is 46.2 Å². The molecule has 1 atom stereocenters.